The fourth-order valence-electron chi connectivity index (χ4n) is 10.4. The van der Waals surface area contributed by atoms with Crippen molar-refractivity contribution >= 4 is 200 Å². The molecule has 18 N–H and O–H groups in total. The van der Waals surface area contributed by atoms with Crippen molar-refractivity contribution in [2.45, 2.75) is 160 Å². The number of halogens is 6. The smallest absolute Gasteiger partial charge is 0.495 e. The van der Waals surface area contributed by atoms with Crippen LogP contribution in [0.1, 0.15) is 191 Å². The molecule has 1 unspecified atom stereocenters. The summed E-state index contributed by atoms with van der Waals surface area (Å²) in [5.41, 5.74) is 18.1. The van der Waals surface area contributed by atoms with Gasteiger partial charge in [-0.15, -0.1) is 127 Å². The number of nitrogens with one attached hydrogen (secondary N) is 4. The van der Waals surface area contributed by atoms with Crippen molar-refractivity contribution in [2.75, 3.05) is 83.9 Å². The van der Waals surface area contributed by atoms with Gasteiger partial charge in [-0.05, 0) is 192 Å². The summed E-state index contributed by atoms with van der Waals surface area (Å²) in [6, 6.07) is 15.9. The molecule has 57 heteroatoms. The number of carbonyl (C=O) groups is 7. The average molecular weight is 2230 g/mol. The predicted molar refractivity (Wildman–Crippen MR) is 532 cm³/mol. The normalized spacial score (nSPS) is 12.0. The van der Waals surface area contributed by atoms with Gasteiger partial charge in [-0.25, -0.2) is 54.5 Å². The van der Waals surface area contributed by atoms with Gasteiger partial charge in [0.1, 0.15) is 74.4 Å². The zero-order chi connectivity index (χ0) is 107. The molecule has 1 saturated heterocycles. The van der Waals surface area contributed by atoms with Gasteiger partial charge in [0.05, 0.1) is 100 Å². The molecule has 10 aromatic rings. The highest BCUT2D eigenvalue weighted by Gasteiger charge is 2.42. The summed E-state index contributed by atoms with van der Waals surface area (Å²) in [5, 5.41) is 32.3. The van der Waals surface area contributed by atoms with Crippen molar-refractivity contribution in [2.24, 2.45) is 33.2 Å². The molecule has 1 atom stereocenters. The van der Waals surface area contributed by atoms with Gasteiger partial charge in [0, 0.05) is 48.8 Å². The molecule has 0 saturated carbocycles. The molecule has 8 amide bonds. The lowest BCUT2D eigenvalue weighted by Gasteiger charge is -2.35. The van der Waals surface area contributed by atoms with E-state index in [0.717, 1.165) is 119 Å². The van der Waals surface area contributed by atoms with E-state index < -0.39 is 122 Å². The lowest BCUT2D eigenvalue weighted by molar-refractivity contribution is -0.274. The molecule has 1 aliphatic heterocycles. The number of anilines is 1. The second kappa shape index (κ2) is 57.5. The number of hydrogen-bond donors (Lipinski definition) is 12. The first-order valence-corrected chi connectivity index (χ1v) is 55.2. The monoisotopic (exact) mass is 2230 g/mol. The number of methoxy groups -OCH3 is 1. The first-order valence-electron chi connectivity index (χ1n) is 40.4. The van der Waals surface area contributed by atoms with Crippen molar-refractivity contribution in [3.05, 3.63) is 154 Å². The number of sulfonamides is 3. The van der Waals surface area contributed by atoms with Crippen molar-refractivity contribution in [1.82, 2.24) is 14.2 Å². The molecule has 1 aliphatic rings. The summed E-state index contributed by atoms with van der Waals surface area (Å²) in [7, 11) is -13.1. The molecule has 778 valence electrons. The van der Waals surface area contributed by atoms with E-state index in [-0.39, 0.29) is 24.6 Å². The number of nitrogens with two attached hydrogens (primary N) is 6. The number of aliphatic hydroxyl groups is 2. The van der Waals surface area contributed by atoms with Crippen LogP contribution in [-0.4, -0.2) is 170 Å². The third-order valence-corrected chi connectivity index (χ3v) is 29.9. The highest BCUT2D eigenvalue weighted by atomic mass is 32.2. The van der Waals surface area contributed by atoms with Gasteiger partial charge in [0.25, 0.3) is 55.7 Å². The Morgan fingerprint density at radius 3 is 1.10 bits per heavy atom. The molecule has 0 radical (unpaired) electrons. The molecule has 0 aromatic carbocycles. The molecule has 0 spiro atoms. The van der Waals surface area contributed by atoms with E-state index >= 15 is 0 Å². The van der Waals surface area contributed by atoms with Crippen LogP contribution in [0.25, 0.3) is 0 Å². The first kappa shape index (κ1) is 126. The summed E-state index contributed by atoms with van der Waals surface area (Å²) in [6.07, 6.45) is -8.80. The molecule has 0 aliphatic carbocycles. The molecule has 139 heavy (non-hydrogen) atoms. The lowest BCUT2D eigenvalue weighted by Crippen LogP contribution is -2.46. The molecule has 0 bridgehead atoms. The predicted octanol–water partition coefficient (Wildman–Crippen LogP) is 15.7. The Bertz CT molecular complexity index is 6110. The minimum Gasteiger partial charge on any atom is -0.495 e. The maximum Gasteiger partial charge on any atom is 0.573 e. The van der Waals surface area contributed by atoms with Crippen LogP contribution in [0.5, 0.6) is 51.7 Å². The highest BCUT2D eigenvalue weighted by molar-refractivity contribution is 7.91. The van der Waals surface area contributed by atoms with Crippen LogP contribution in [0.4, 0.5) is 36.1 Å². The number of urea groups is 1. The van der Waals surface area contributed by atoms with Crippen LogP contribution in [0, 0.1) is 69.2 Å². The number of carbonyl (C=O) groups excluding carboxylic acids is 7. The van der Waals surface area contributed by atoms with E-state index in [0.29, 0.717) is 118 Å². The Labute approximate surface area is 841 Å². The Hall–Kier alpha value is -9.53. The number of hydrogen-bond acceptors (Lipinski definition) is 37. The molecule has 1 fully saturated rings. The van der Waals surface area contributed by atoms with Crippen molar-refractivity contribution < 1.29 is 151 Å². The SMILES string of the molecule is CCOc1cc(C)sc1C(=O)NS(=O)(=O)CC.CCOc1cc(C)sc1C(=O)NS(C)(=O)=O.CCOc1cc(C)sc1C(=O)NS(N)(=O)=O.CCOc1cc(C)sc1C(C)O.CCOc1cc(C)sc1C(N)=O.CCOc1cc(C)sc1NC(N)=O.CCOc1cc(C)sc1S(N)(=O)=O.COc1cc(C)sc1C1(O)COC1.Cc1cc(C(F)(F)F)c(C(N)=O)s1.Cc1cc(OC(F)(F)F)c(C(N)=O)s1. The van der Waals surface area contributed by atoms with Gasteiger partial charge in [0.2, 0.25) is 20.0 Å². The maximum absolute atomic E-state index is 12.2. The maximum atomic E-state index is 12.2. The van der Waals surface area contributed by atoms with E-state index in [1.165, 1.54) is 64.1 Å². The summed E-state index contributed by atoms with van der Waals surface area (Å²) < 4.78 is 216. The molecule has 37 nitrogen and oxygen atoms in total. The zero-order valence-corrected chi connectivity index (χ0v) is 90.4. The van der Waals surface area contributed by atoms with Gasteiger partial charge in [-0.3, -0.25) is 34.1 Å². The number of amides is 8. The van der Waals surface area contributed by atoms with Crippen LogP contribution in [0.2, 0.25) is 0 Å². The molecular formula is C82H112F6N10O27S14. The Kier molecular flexibility index (Phi) is 52.0. The zero-order valence-electron chi connectivity index (χ0n) is 79.0. The first-order chi connectivity index (χ1) is 64.2. The van der Waals surface area contributed by atoms with Gasteiger partial charge < -0.3 is 80.5 Å². The van der Waals surface area contributed by atoms with Gasteiger partial charge in [0.15, 0.2) is 21.5 Å². The van der Waals surface area contributed by atoms with E-state index in [1.807, 2.05) is 103 Å². The van der Waals surface area contributed by atoms with Crippen LogP contribution >= 0.6 is 113 Å². The Morgan fingerprint density at radius 2 is 0.748 bits per heavy atom. The number of thiophene rings is 10. The minimum absolute atomic E-state index is 0.104. The molecule has 11 heterocycles. The Balaban J connectivity index is 0.000000523. The molecule has 10 aromatic heterocycles. The summed E-state index contributed by atoms with van der Waals surface area (Å²) in [4.78, 5) is 89.0. The van der Waals surface area contributed by atoms with Crippen LogP contribution < -0.4 is 95.3 Å². The fraction of sp³-hybridized carbons (Fsp3) is 0.427. The van der Waals surface area contributed by atoms with E-state index in [9.17, 15) is 104 Å². The second-order valence-corrected chi connectivity index (χ2v) is 47.1. The largest absolute Gasteiger partial charge is 0.573 e. The lowest BCUT2D eigenvalue weighted by atomic mass is 10.00. The number of primary sulfonamides is 1. The number of aryl methyl sites for hydroxylation is 10. The minimum atomic E-state index is -4.81. The third kappa shape index (κ3) is 44.7. The summed E-state index contributed by atoms with van der Waals surface area (Å²) in [6.45, 7) is 38.5. The van der Waals surface area contributed by atoms with Crippen molar-refractivity contribution in [3.63, 3.8) is 0 Å². The number of rotatable bonds is 30. The standard InChI is InChI=1S/C10H15NO4S2.C9H13NO4S2.C9H12O3S.C9H14O2S.C8H12N2O4S2.C8H12N2O2S.C8H11NO2S.C7H6F3NO2S.C7H6F3NOS.C7H11NO3S2/c1-4-15-8-6-7(3)16-9(8)10(12)11-17(13,14)5-2;1-4-14-7-5-6(2)15-8(7)9(11)10-16(3,12)13;1-6-3-7(11-2)8(13-6)9(10)4-12-5-9;1-4-11-8-5-6(2)12-9(8)7(3)10;1-3-14-6-4-5(2)15-7(6)8(11)10-16(9,12)13;1-3-12-6-4-5(2)13-7(6)10-8(9)11;1-3-11-6-4-5(2)12-7(6)8(9)10;1-3-2-4(13-7(8,9)10)5(14-3)6(11)12;1-3-2-4(7(8,9)10)5(13-3)6(11)12;1-3-11-6-4-5(2)12-7(6)13(8,9)10/h6H,4-5H2,1-3H3,(H,11,12);5H,4H2,1-3H3,(H,10,11);3,10H,4-5H2,1-2H3;5,7,10H,4H2,1-3H3;4H,3H2,1-2H3,(H,10,11)(H2,9,12,13);4H,3H2,1-2H3,(H3,9,10,11);4H,3H2,1-2H3,(H2,9,10);2H,1H3,(H2,11,12);2H,1H3,(H2,11,12);4H,3H2,1-2H3,(H2,8,9,10). The number of aliphatic hydroxyl groups excluding tert-OH is 1. The quantitative estimate of drug-likeness (QED) is 0.0186. The third-order valence-electron chi connectivity index (χ3n) is 15.5. The summed E-state index contributed by atoms with van der Waals surface area (Å²) in [5.74, 6) is -0.644. The van der Waals surface area contributed by atoms with Crippen LogP contribution in [-0.2, 0) is 56.8 Å². The molecule has 11 rings (SSSR count). The van der Waals surface area contributed by atoms with Gasteiger partial charge in [-0.1, -0.05) is 0 Å². The van der Waals surface area contributed by atoms with Crippen LogP contribution in [0.3, 0.4) is 0 Å². The number of alkyl halides is 6. The number of ether oxygens (including phenoxy) is 10. The van der Waals surface area contributed by atoms with Gasteiger partial charge in [-0.2, -0.15) is 21.6 Å². The van der Waals surface area contributed by atoms with Gasteiger partial charge >= 0.3 is 18.6 Å². The number of primary amides is 4. The Morgan fingerprint density at radius 1 is 0.432 bits per heavy atom. The van der Waals surface area contributed by atoms with E-state index in [1.54, 1.807) is 107 Å². The fourth-order valence-corrected chi connectivity index (χ4v) is 21.7. The summed E-state index contributed by atoms with van der Waals surface area (Å²) >= 11 is 12.3. The van der Waals surface area contributed by atoms with Crippen molar-refractivity contribution in [3.8, 4) is 51.7 Å². The van der Waals surface area contributed by atoms with Crippen molar-refractivity contribution in [1.29, 1.82) is 0 Å². The molecular weight excluding hydrogens is 2120 g/mol. The average Bonchev–Trinajstić information content (AvgIpc) is 1.69. The van der Waals surface area contributed by atoms with Crippen LogP contribution in [0.15, 0.2) is 64.9 Å². The highest BCUT2D eigenvalue weighted by Crippen LogP contribution is 2.43. The second-order valence-electron chi connectivity index (χ2n) is 27.7. The topological polar surface area (TPSA) is 593 Å². The van der Waals surface area contributed by atoms with E-state index in [2.05, 4.69) is 10.1 Å². The van der Waals surface area contributed by atoms with E-state index in [4.69, 9.17) is 75.8 Å².